The zero-order valence-corrected chi connectivity index (χ0v) is 14.4. The standard InChI is InChI=1S/C14H20Cl2N2O2S/c1-3-4-17-8-10-6-14(12(16)7-11(10)15)21(19,20)18-13-5-9(13)2/h6-7,9,13,17-18H,3-5,8H2,1-2H3. The summed E-state index contributed by atoms with van der Waals surface area (Å²) in [7, 11) is -3.60. The maximum absolute atomic E-state index is 12.4. The minimum Gasteiger partial charge on any atom is -0.313 e. The van der Waals surface area contributed by atoms with E-state index in [0.717, 1.165) is 24.9 Å². The number of sulfonamides is 1. The molecule has 7 heteroatoms. The van der Waals surface area contributed by atoms with Gasteiger partial charge in [-0.25, -0.2) is 13.1 Å². The molecule has 2 unspecified atom stereocenters. The van der Waals surface area contributed by atoms with Gasteiger partial charge in [0, 0.05) is 17.6 Å². The first-order chi connectivity index (χ1) is 9.85. The molecule has 1 saturated carbocycles. The Morgan fingerprint density at radius 1 is 1.29 bits per heavy atom. The summed E-state index contributed by atoms with van der Waals surface area (Å²) in [6.07, 6.45) is 1.87. The normalized spacial score (nSPS) is 21.5. The highest BCUT2D eigenvalue weighted by Gasteiger charge is 2.37. The third kappa shape index (κ3) is 4.33. The van der Waals surface area contributed by atoms with E-state index in [0.29, 0.717) is 17.5 Å². The van der Waals surface area contributed by atoms with E-state index >= 15 is 0 Å². The molecule has 2 N–H and O–H groups in total. The van der Waals surface area contributed by atoms with Crippen molar-refractivity contribution in [3.63, 3.8) is 0 Å². The van der Waals surface area contributed by atoms with E-state index in [1.54, 1.807) is 6.07 Å². The molecule has 2 rings (SSSR count). The Morgan fingerprint density at radius 2 is 1.95 bits per heavy atom. The molecule has 0 spiro atoms. The van der Waals surface area contributed by atoms with Crippen LogP contribution in [0.1, 0.15) is 32.3 Å². The summed E-state index contributed by atoms with van der Waals surface area (Å²) in [6.45, 7) is 5.44. The van der Waals surface area contributed by atoms with Gasteiger partial charge < -0.3 is 5.32 Å². The van der Waals surface area contributed by atoms with Gasteiger partial charge in [0.1, 0.15) is 4.90 Å². The highest BCUT2D eigenvalue weighted by molar-refractivity contribution is 7.89. The van der Waals surface area contributed by atoms with Crippen molar-refractivity contribution in [1.82, 2.24) is 10.0 Å². The second kappa shape index (κ2) is 6.84. The first-order valence-corrected chi connectivity index (χ1v) is 9.30. The second-order valence-corrected chi connectivity index (χ2v) is 7.99. The van der Waals surface area contributed by atoms with Crippen LogP contribution in [0.15, 0.2) is 17.0 Å². The van der Waals surface area contributed by atoms with Crippen LogP contribution in [0.5, 0.6) is 0 Å². The Labute approximate surface area is 136 Å². The molecule has 2 atom stereocenters. The Kier molecular flexibility index (Phi) is 5.54. The summed E-state index contributed by atoms with van der Waals surface area (Å²) < 4.78 is 27.4. The molecule has 1 aromatic carbocycles. The fourth-order valence-corrected chi connectivity index (χ4v) is 4.28. The molecule has 1 fully saturated rings. The van der Waals surface area contributed by atoms with Crippen LogP contribution in [0, 0.1) is 5.92 Å². The zero-order valence-electron chi connectivity index (χ0n) is 12.1. The summed E-state index contributed by atoms with van der Waals surface area (Å²) in [5.41, 5.74) is 0.735. The third-order valence-corrected chi connectivity index (χ3v) is 5.86. The average molecular weight is 351 g/mol. The van der Waals surface area contributed by atoms with Crippen molar-refractivity contribution in [1.29, 1.82) is 0 Å². The van der Waals surface area contributed by atoms with Gasteiger partial charge in [-0.3, -0.25) is 0 Å². The van der Waals surface area contributed by atoms with Gasteiger partial charge in [0.2, 0.25) is 10.0 Å². The smallest absolute Gasteiger partial charge is 0.242 e. The maximum atomic E-state index is 12.4. The molecule has 0 radical (unpaired) electrons. The van der Waals surface area contributed by atoms with Gasteiger partial charge in [0.15, 0.2) is 0 Å². The Balaban J connectivity index is 2.23. The van der Waals surface area contributed by atoms with Crippen molar-refractivity contribution in [2.24, 2.45) is 5.92 Å². The van der Waals surface area contributed by atoms with Crippen LogP contribution in [0.4, 0.5) is 0 Å². The van der Waals surface area contributed by atoms with E-state index in [1.807, 2.05) is 6.92 Å². The van der Waals surface area contributed by atoms with Crippen molar-refractivity contribution in [2.75, 3.05) is 6.54 Å². The van der Waals surface area contributed by atoms with E-state index in [9.17, 15) is 8.42 Å². The minimum absolute atomic E-state index is 0.0170. The molecule has 4 nitrogen and oxygen atoms in total. The summed E-state index contributed by atoms with van der Waals surface area (Å²) in [5, 5.41) is 3.83. The fourth-order valence-electron chi connectivity index (χ4n) is 2.06. The van der Waals surface area contributed by atoms with Crippen molar-refractivity contribution in [3.05, 3.63) is 27.7 Å². The second-order valence-electron chi connectivity index (χ2n) is 5.49. The lowest BCUT2D eigenvalue weighted by Gasteiger charge is -2.12. The van der Waals surface area contributed by atoms with Gasteiger partial charge in [-0.1, -0.05) is 37.0 Å². The highest BCUT2D eigenvalue weighted by Crippen LogP contribution is 2.33. The average Bonchev–Trinajstić information content (AvgIpc) is 3.06. The quantitative estimate of drug-likeness (QED) is 0.742. The number of benzene rings is 1. The first-order valence-electron chi connectivity index (χ1n) is 7.06. The Morgan fingerprint density at radius 3 is 2.52 bits per heavy atom. The molecule has 21 heavy (non-hydrogen) atoms. The largest absolute Gasteiger partial charge is 0.313 e. The topological polar surface area (TPSA) is 58.2 Å². The van der Waals surface area contributed by atoms with Crippen LogP contribution in [0.25, 0.3) is 0 Å². The molecule has 1 aromatic rings. The third-order valence-electron chi connectivity index (χ3n) is 3.55. The zero-order chi connectivity index (χ0) is 15.6. The van der Waals surface area contributed by atoms with Crippen molar-refractivity contribution in [3.8, 4) is 0 Å². The molecule has 1 aliphatic rings. The maximum Gasteiger partial charge on any atom is 0.242 e. The molecule has 0 amide bonds. The van der Waals surface area contributed by atoms with Gasteiger partial charge in [-0.05, 0) is 43.0 Å². The number of halogens is 2. The van der Waals surface area contributed by atoms with E-state index in [-0.39, 0.29) is 16.0 Å². The van der Waals surface area contributed by atoms with Crippen molar-refractivity contribution < 1.29 is 8.42 Å². The summed E-state index contributed by atoms with van der Waals surface area (Å²) in [6, 6.07) is 3.07. The number of hydrogen-bond donors (Lipinski definition) is 2. The van der Waals surface area contributed by atoms with E-state index in [2.05, 4.69) is 17.0 Å². The Bertz CT molecular complexity index is 620. The number of hydrogen-bond acceptors (Lipinski definition) is 3. The molecule has 118 valence electrons. The van der Waals surface area contributed by atoms with Crippen LogP contribution >= 0.6 is 23.2 Å². The number of nitrogens with one attached hydrogen (secondary N) is 2. The van der Waals surface area contributed by atoms with Crippen LogP contribution in [-0.4, -0.2) is 21.0 Å². The molecule has 0 bridgehead atoms. The highest BCUT2D eigenvalue weighted by atomic mass is 35.5. The minimum atomic E-state index is -3.60. The van der Waals surface area contributed by atoms with Crippen LogP contribution in [0.3, 0.4) is 0 Å². The SMILES string of the molecule is CCCNCc1cc(S(=O)(=O)NC2CC2C)c(Cl)cc1Cl. The summed E-state index contributed by atoms with van der Waals surface area (Å²) in [5.74, 6) is 0.386. The molecular weight excluding hydrogens is 331 g/mol. The lowest BCUT2D eigenvalue weighted by Crippen LogP contribution is -2.27. The first kappa shape index (κ1) is 17.0. The van der Waals surface area contributed by atoms with Crippen molar-refractivity contribution >= 4 is 33.2 Å². The van der Waals surface area contributed by atoms with Gasteiger partial charge in [0.05, 0.1) is 5.02 Å². The lowest BCUT2D eigenvalue weighted by molar-refractivity contribution is 0.578. The lowest BCUT2D eigenvalue weighted by atomic mass is 10.2. The predicted molar refractivity (Wildman–Crippen MR) is 86.4 cm³/mol. The van der Waals surface area contributed by atoms with E-state index in [4.69, 9.17) is 23.2 Å². The molecule has 0 aliphatic heterocycles. The van der Waals surface area contributed by atoms with Crippen LogP contribution in [0.2, 0.25) is 10.0 Å². The van der Waals surface area contributed by atoms with E-state index < -0.39 is 10.0 Å². The van der Waals surface area contributed by atoms with Crippen LogP contribution in [-0.2, 0) is 16.6 Å². The van der Waals surface area contributed by atoms with Gasteiger partial charge in [-0.15, -0.1) is 0 Å². The molecule has 1 aliphatic carbocycles. The fraction of sp³-hybridized carbons (Fsp3) is 0.571. The van der Waals surface area contributed by atoms with E-state index in [1.165, 1.54) is 6.07 Å². The van der Waals surface area contributed by atoms with Gasteiger partial charge in [0.25, 0.3) is 0 Å². The molecule has 0 aromatic heterocycles. The monoisotopic (exact) mass is 350 g/mol. The number of rotatable bonds is 7. The molecular formula is C14H20Cl2N2O2S. The van der Waals surface area contributed by atoms with Crippen LogP contribution < -0.4 is 10.0 Å². The summed E-state index contributed by atoms with van der Waals surface area (Å²) in [4.78, 5) is 0.0981. The predicted octanol–water partition coefficient (Wildman–Crippen LogP) is 3.18. The molecule has 0 heterocycles. The summed E-state index contributed by atoms with van der Waals surface area (Å²) >= 11 is 12.2. The Hall–Kier alpha value is -0.330. The van der Waals surface area contributed by atoms with Gasteiger partial charge in [-0.2, -0.15) is 0 Å². The molecule has 0 saturated heterocycles. The van der Waals surface area contributed by atoms with Crippen molar-refractivity contribution in [2.45, 2.75) is 44.2 Å². The van der Waals surface area contributed by atoms with Gasteiger partial charge >= 0.3 is 0 Å².